The first-order valence-electron chi connectivity index (χ1n) is 7.15. The molecule has 1 heterocycles. The fraction of sp³-hybridized carbons (Fsp3) is 0.929. The van der Waals surface area contributed by atoms with Crippen molar-refractivity contribution in [3.8, 4) is 0 Å². The summed E-state index contributed by atoms with van der Waals surface area (Å²) in [5, 5.41) is 8.91. The number of likely N-dealkylation sites (tertiary alicyclic amines) is 1. The quantitative estimate of drug-likeness (QED) is 0.720. The number of aliphatic hydroxyl groups is 1. The van der Waals surface area contributed by atoms with Crippen molar-refractivity contribution in [1.82, 2.24) is 4.90 Å². The van der Waals surface area contributed by atoms with Gasteiger partial charge in [0.15, 0.2) is 0 Å². The highest BCUT2D eigenvalue weighted by Crippen LogP contribution is 2.22. The fourth-order valence-electron chi connectivity index (χ4n) is 2.78. The molecule has 1 fully saturated rings. The smallest absolute Gasteiger partial charge is 0.222 e. The molecule has 0 saturated carbocycles. The topological polar surface area (TPSA) is 66.6 Å². The van der Waals surface area contributed by atoms with E-state index in [0.29, 0.717) is 30.7 Å². The van der Waals surface area contributed by atoms with Crippen LogP contribution in [0.5, 0.6) is 0 Å². The lowest BCUT2D eigenvalue weighted by Gasteiger charge is -2.21. The predicted octanol–water partition coefficient (Wildman–Crippen LogP) is 1.23. The Hall–Kier alpha value is -0.610. The van der Waals surface area contributed by atoms with Crippen LogP contribution in [0.3, 0.4) is 0 Å². The van der Waals surface area contributed by atoms with Gasteiger partial charge in [-0.1, -0.05) is 13.8 Å². The third-order valence-corrected chi connectivity index (χ3v) is 3.78. The molecule has 4 heteroatoms. The molecule has 0 radical (unpaired) electrons. The second-order valence-electron chi connectivity index (χ2n) is 5.94. The number of aliphatic hydroxyl groups excluding tert-OH is 1. The molecule has 106 valence electrons. The maximum Gasteiger partial charge on any atom is 0.222 e. The largest absolute Gasteiger partial charge is 0.396 e. The highest BCUT2D eigenvalue weighted by atomic mass is 16.3. The lowest BCUT2D eigenvalue weighted by atomic mass is 9.94. The molecule has 2 atom stereocenters. The Bertz CT molecular complexity index is 256. The van der Waals surface area contributed by atoms with Gasteiger partial charge in [-0.05, 0) is 43.6 Å². The highest BCUT2D eigenvalue weighted by Gasteiger charge is 2.27. The van der Waals surface area contributed by atoms with E-state index in [0.717, 1.165) is 32.4 Å². The average Bonchev–Trinajstić information content (AvgIpc) is 2.76. The van der Waals surface area contributed by atoms with E-state index in [1.807, 2.05) is 4.90 Å². The zero-order valence-electron chi connectivity index (χ0n) is 11.8. The first-order valence-corrected chi connectivity index (χ1v) is 7.15. The van der Waals surface area contributed by atoms with Crippen LogP contribution in [0, 0.1) is 17.8 Å². The van der Waals surface area contributed by atoms with Crippen molar-refractivity contribution in [2.45, 2.75) is 39.5 Å². The molecule has 0 spiro atoms. The number of nitrogens with zero attached hydrogens (tertiary/aromatic N) is 1. The summed E-state index contributed by atoms with van der Waals surface area (Å²) in [6, 6.07) is 0. The first-order chi connectivity index (χ1) is 8.56. The number of hydrogen-bond donors (Lipinski definition) is 2. The zero-order valence-corrected chi connectivity index (χ0v) is 11.8. The average molecular weight is 256 g/mol. The number of rotatable bonds is 7. The normalized spacial score (nSPS) is 21.6. The number of carbonyl (C=O) groups excluding carboxylic acids is 1. The molecule has 4 nitrogen and oxygen atoms in total. The van der Waals surface area contributed by atoms with Crippen molar-refractivity contribution < 1.29 is 9.90 Å². The van der Waals surface area contributed by atoms with Crippen molar-refractivity contribution in [3.05, 3.63) is 0 Å². The van der Waals surface area contributed by atoms with Gasteiger partial charge in [0.25, 0.3) is 0 Å². The van der Waals surface area contributed by atoms with Crippen molar-refractivity contribution in [3.63, 3.8) is 0 Å². The molecule has 0 bridgehead atoms. The van der Waals surface area contributed by atoms with Gasteiger partial charge in [0.05, 0.1) is 0 Å². The third-order valence-electron chi connectivity index (χ3n) is 3.78. The van der Waals surface area contributed by atoms with Gasteiger partial charge in [0, 0.05) is 26.1 Å². The number of nitrogens with two attached hydrogens (primary N) is 1. The van der Waals surface area contributed by atoms with Gasteiger partial charge in [0.2, 0.25) is 5.91 Å². The van der Waals surface area contributed by atoms with E-state index in [4.69, 9.17) is 10.8 Å². The second kappa shape index (κ2) is 7.74. The van der Waals surface area contributed by atoms with Gasteiger partial charge in [-0.15, -0.1) is 0 Å². The summed E-state index contributed by atoms with van der Waals surface area (Å²) in [4.78, 5) is 14.1. The van der Waals surface area contributed by atoms with Crippen molar-refractivity contribution in [2.24, 2.45) is 23.5 Å². The maximum atomic E-state index is 12.2. The molecule has 0 aromatic carbocycles. The molecule has 0 aromatic rings. The predicted molar refractivity (Wildman–Crippen MR) is 73.0 cm³/mol. The molecule has 18 heavy (non-hydrogen) atoms. The van der Waals surface area contributed by atoms with Crippen LogP contribution in [0.1, 0.15) is 39.5 Å². The number of hydrogen-bond acceptors (Lipinski definition) is 3. The van der Waals surface area contributed by atoms with Gasteiger partial charge in [-0.25, -0.2) is 0 Å². The Kier molecular flexibility index (Phi) is 6.65. The van der Waals surface area contributed by atoms with E-state index in [1.165, 1.54) is 0 Å². The fourth-order valence-corrected chi connectivity index (χ4v) is 2.78. The third kappa shape index (κ3) is 4.94. The zero-order chi connectivity index (χ0) is 13.5. The summed E-state index contributed by atoms with van der Waals surface area (Å²) in [5.41, 5.74) is 5.74. The molecule has 0 aromatic heterocycles. The monoisotopic (exact) mass is 256 g/mol. The minimum absolute atomic E-state index is 0.228. The van der Waals surface area contributed by atoms with E-state index in [2.05, 4.69) is 13.8 Å². The van der Waals surface area contributed by atoms with E-state index in [-0.39, 0.29) is 12.5 Å². The van der Waals surface area contributed by atoms with Crippen LogP contribution < -0.4 is 5.73 Å². The minimum Gasteiger partial charge on any atom is -0.396 e. The van der Waals surface area contributed by atoms with Crippen LogP contribution in [0.4, 0.5) is 0 Å². The summed E-state index contributed by atoms with van der Waals surface area (Å²) in [7, 11) is 0. The van der Waals surface area contributed by atoms with Crippen molar-refractivity contribution in [2.75, 3.05) is 26.2 Å². The van der Waals surface area contributed by atoms with Crippen molar-refractivity contribution >= 4 is 5.91 Å². The van der Waals surface area contributed by atoms with Gasteiger partial charge in [-0.2, -0.15) is 0 Å². The highest BCUT2D eigenvalue weighted by molar-refractivity contribution is 5.76. The Morgan fingerprint density at radius 3 is 2.78 bits per heavy atom. The van der Waals surface area contributed by atoms with Crippen LogP contribution >= 0.6 is 0 Å². The molecular formula is C14H28N2O2. The Balaban J connectivity index is 2.36. The summed E-state index contributed by atoms with van der Waals surface area (Å²) >= 11 is 0. The van der Waals surface area contributed by atoms with E-state index >= 15 is 0 Å². The molecular weight excluding hydrogens is 228 g/mol. The Morgan fingerprint density at radius 1 is 1.50 bits per heavy atom. The molecule has 1 amide bonds. The lowest BCUT2D eigenvalue weighted by Crippen LogP contribution is -2.32. The molecule has 1 aliphatic heterocycles. The molecule has 1 aliphatic rings. The SMILES string of the molecule is CC(C)CC(CN)CC(=O)N1CCC(CCO)C1. The molecule has 2 unspecified atom stereocenters. The van der Waals surface area contributed by atoms with Crippen LogP contribution in [-0.2, 0) is 4.79 Å². The Morgan fingerprint density at radius 2 is 2.22 bits per heavy atom. The van der Waals surface area contributed by atoms with Crippen LogP contribution in [0.25, 0.3) is 0 Å². The molecule has 1 saturated heterocycles. The van der Waals surface area contributed by atoms with Gasteiger partial charge in [0.1, 0.15) is 0 Å². The lowest BCUT2D eigenvalue weighted by molar-refractivity contribution is -0.131. The number of carbonyl (C=O) groups is 1. The van der Waals surface area contributed by atoms with Gasteiger partial charge in [-0.3, -0.25) is 4.79 Å². The number of amides is 1. The van der Waals surface area contributed by atoms with Gasteiger partial charge < -0.3 is 15.7 Å². The van der Waals surface area contributed by atoms with Crippen LogP contribution in [0.15, 0.2) is 0 Å². The van der Waals surface area contributed by atoms with Crippen molar-refractivity contribution in [1.29, 1.82) is 0 Å². The summed E-state index contributed by atoms with van der Waals surface area (Å²) in [6.45, 7) is 6.82. The van der Waals surface area contributed by atoms with E-state index < -0.39 is 0 Å². The van der Waals surface area contributed by atoms with E-state index in [9.17, 15) is 4.79 Å². The minimum atomic E-state index is 0.228. The molecule has 1 rings (SSSR count). The summed E-state index contributed by atoms with van der Waals surface area (Å²) in [6.07, 6.45) is 3.45. The molecule has 3 N–H and O–H groups in total. The summed E-state index contributed by atoms with van der Waals surface area (Å²) in [5.74, 6) is 1.63. The van der Waals surface area contributed by atoms with Gasteiger partial charge >= 0.3 is 0 Å². The standard InChI is InChI=1S/C14H28N2O2/c1-11(2)7-13(9-15)8-14(18)16-5-3-12(10-16)4-6-17/h11-13,17H,3-10,15H2,1-2H3. The van der Waals surface area contributed by atoms with E-state index in [1.54, 1.807) is 0 Å². The molecule has 0 aliphatic carbocycles. The first kappa shape index (κ1) is 15.4. The van der Waals surface area contributed by atoms with Crippen LogP contribution in [0.2, 0.25) is 0 Å². The second-order valence-corrected chi connectivity index (χ2v) is 5.94. The Labute approximate surface area is 111 Å². The summed E-state index contributed by atoms with van der Waals surface area (Å²) < 4.78 is 0. The van der Waals surface area contributed by atoms with Crippen LogP contribution in [-0.4, -0.2) is 42.2 Å². The maximum absolute atomic E-state index is 12.2.